The van der Waals surface area contributed by atoms with Gasteiger partial charge in [0.1, 0.15) is 5.75 Å². The molecule has 0 radical (unpaired) electrons. The number of aryl methyl sites for hydroxylation is 1. The van der Waals surface area contributed by atoms with Crippen molar-refractivity contribution >= 4 is 23.3 Å². The van der Waals surface area contributed by atoms with Crippen molar-refractivity contribution in [2.75, 3.05) is 18.5 Å². The molecular weight excluding hydrogens is 424 g/mol. The molecule has 0 atom stereocenters. The van der Waals surface area contributed by atoms with E-state index in [2.05, 4.69) is 15.7 Å². The number of amides is 1. The van der Waals surface area contributed by atoms with Crippen LogP contribution in [0.25, 0.3) is 0 Å². The highest BCUT2D eigenvalue weighted by atomic mass is 35.5. The average Bonchev–Trinajstić information content (AvgIpc) is 3.56. The zero-order chi connectivity index (χ0) is 22.1. The third-order valence-electron chi connectivity index (χ3n) is 6.09. The van der Waals surface area contributed by atoms with Crippen LogP contribution in [0.4, 0.5) is 5.82 Å². The number of ether oxygens (including phenoxy) is 1. The van der Waals surface area contributed by atoms with E-state index in [0.29, 0.717) is 28.9 Å². The van der Waals surface area contributed by atoms with Crippen LogP contribution >= 0.6 is 11.6 Å². The molecule has 0 saturated heterocycles. The summed E-state index contributed by atoms with van der Waals surface area (Å²) in [7, 11) is 0. The van der Waals surface area contributed by atoms with Crippen molar-refractivity contribution in [1.29, 1.82) is 0 Å². The smallest absolute Gasteiger partial charge is 0.256 e. The Balaban J connectivity index is 1.30. The lowest BCUT2D eigenvalue weighted by molar-refractivity contribution is 0.102. The number of nitrogens with zero attached hydrogens (tertiary/aromatic N) is 2. The Bertz CT molecular complexity index is 1150. The van der Waals surface area contributed by atoms with Crippen molar-refractivity contribution in [3.8, 4) is 5.75 Å². The first-order valence-corrected chi connectivity index (χ1v) is 11.5. The largest absolute Gasteiger partial charge is 0.493 e. The molecule has 3 aromatic rings. The van der Waals surface area contributed by atoms with E-state index in [1.807, 2.05) is 54.1 Å². The summed E-state index contributed by atoms with van der Waals surface area (Å²) in [5.74, 6) is 1.90. The van der Waals surface area contributed by atoms with Crippen LogP contribution in [-0.4, -0.2) is 28.8 Å². The average molecular weight is 451 g/mol. The highest BCUT2D eigenvalue weighted by molar-refractivity contribution is 6.30. The van der Waals surface area contributed by atoms with E-state index < -0.39 is 0 Å². The van der Waals surface area contributed by atoms with Gasteiger partial charge in [0.25, 0.3) is 5.91 Å². The number of nitrogens with one attached hydrogen (secondary N) is 2. The zero-order valence-electron chi connectivity index (χ0n) is 18.2. The topological polar surface area (TPSA) is 68.2 Å². The summed E-state index contributed by atoms with van der Waals surface area (Å²) in [4.78, 5) is 12.8. The van der Waals surface area contributed by atoms with Crippen LogP contribution in [0.1, 0.15) is 45.6 Å². The molecule has 2 heterocycles. The molecule has 1 aliphatic heterocycles. The molecule has 0 unspecified atom stereocenters. The summed E-state index contributed by atoms with van der Waals surface area (Å²) in [5.41, 5.74) is 5.07. The van der Waals surface area contributed by atoms with Crippen molar-refractivity contribution in [1.82, 2.24) is 15.1 Å². The summed E-state index contributed by atoms with van der Waals surface area (Å²) in [6.07, 6.45) is 3.42. The van der Waals surface area contributed by atoms with Crippen LogP contribution in [0.3, 0.4) is 0 Å². The van der Waals surface area contributed by atoms with Crippen LogP contribution in [0.15, 0.2) is 42.5 Å². The molecule has 7 heteroatoms. The SMILES string of the molecule is Cc1cc(NC(=O)c2ccc3c(c2)CCNC3)nn1Cc1cc(Cl)ccc1OCC1CC1. The monoisotopic (exact) mass is 450 g/mol. The molecule has 2 aliphatic rings. The number of carbonyl (C=O) groups excluding carboxylic acids is 1. The standard InChI is InChI=1S/C25H27ClN4O2/c1-16-10-24(28-25(31)19-4-5-20-13-27-9-8-18(20)11-19)29-30(16)14-21-12-22(26)6-7-23(21)32-15-17-2-3-17/h4-7,10-12,17,27H,2-3,8-9,13-15H2,1H3,(H,28,29,31). The van der Waals surface area contributed by atoms with E-state index in [1.54, 1.807) is 0 Å². The van der Waals surface area contributed by atoms with Crippen molar-refractivity contribution in [3.05, 3.63) is 75.4 Å². The molecule has 1 aromatic heterocycles. The number of aromatic nitrogens is 2. The van der Waals surface area contributed by atoms with Gasteiger partial charge < -0.3 is 15.4 Å². The Labute approximate surface area is 192 Å². The second-order valence-electron chi connectivity index (χ2n) is 8.70. The molecule has 2 N–H and O–H groups in total. The molecule has 0 bridgehead atoms. The van der Waals surface area contributed by atoms with E-state index in [9.17, 15) is 4.79 Å². The molecule has 0 spiro atoms. The number of fused-ring (bicyclic) bond motifs is 1. The third kappa shape index (κ3) is 4.81. The van der Waals surface area contributed by atoms with Crippen LogP contribution in [-0.2, 0) is 19.5 Å². The zero-order valence-corrected chi connectivity index (χ0v) is 18.9. The minimum atomic E-state index is -0.146. The van der Waals surface area contributed by atoms with Crippen LogP contribution in [0.2, 0.25) is 5.02 Å². The van der Waals surface area contributed by atoms with Gasteiger partial charge in [-0.25, -0.2) is 0 Å². The summed E-state index contributed by atoms with van der Waals surface area (Å²) in [5, 5.41) is 11.6. The van der Waals surface area contributed by atoms with E-state index in [1.165, 1.54) is 24.0 Å². The summed E-state index contributed by atoms with van der Waals surface area (Å²) in [6, 6.07) is 13.5. The Morgan fingerprint density at radius 1 is 1.22 bits per heavy atom. The summed E-state index contributed by atoms with van der Waals surface area (Å²) >= 11 is 6.24. The van der Waals surface area contributed by atoms with Gasteiger partial charge >= 0.3 is 0 Å². The maximum atomic E-state index is 12.8. The predicted molar refractivity (Wildman–Crippen MR) is 126 cm³/mol. The lowest BCUT2D eigenvalue weighted by Crippen LogP contribution is -2.24. The van der Waals surface area contributed by atoms with E-state index in [-0.39, 0.29) is 5.91 Å². The molecule has 1 fully saturated rings. The molecule has 1 amide bonds. The minimum Gasteiger partial charge on any atom is -0.493 e. The fourth-order valence-electron chi connectivity index (χ4n) is 4.00. The number of anilines is 1. The molecule has 5 rings (SSSR count). The lowest BCUT2D eigenvalue weighted by atomic mass is 9.98. The molecule has 2 aromatic carbocycles. The van der Waals surface area contributed by atoms with Crippen molar-refractivity contribution in [3.63, 3.8) is 0 Å². The van der Waals surface area contributed by atoms with Gasteiger partial charge in [-0.2, -0.15) is 5.10 Å². The maximum absolute atomic E-state index is 12.8. The fourth-order valence-corrected chi connectivity index (χ4v) is 4.20. The fraction of sp³-hybridized carbons (Fsp3) is 0.360. The number of halogens is 1. The third-order valence-corrected chi connectivity index (χ3v) is 6.33. The van der Waals surface area contributed by atoms with Gasteiger partial charge in [-0.3, -0.25) is 9.48 Å². The van der Waals surface area contributed by atoms with Gasteiger partial charge in [0.05, 0.1) is 13.2 Å². The number of rotatable bonds is 7. The Kier molecular flexibility index (Phi) is 5.89. The molecule has 166 valence electrons. The van der Waals surface area contributed by atoms with Crippen molar-refractivity contribution in [2.45, 2.75) is 39.3 Å². The van der Waals surface area contributed by atoms with Gasteiger partial charge in [-0.15, -0.1) is 0 Å². The van der Waals surface area contributed by atoms with Crippen molar-refractivity contribution in [2.24, 2.45) is 5.92 Å². The lowest BCUT2D eigenvalue weighted by Gasteiger charge is -2.17. The van der Waals surface area contributed by atoms with Gasteiger partial charge in [-0.1, -0.05) is 17.7 Å². The van der Waals surface area contributed by atoms with Crippen LogP contribution in [0.5, 0.6) is 5.75 Å². The molecule has 1 saturated carbocycles. The van der Waals surface area contributed by atoms with E-state index in [0.717, 1.165) is 43.1 Å². The Morgan fingerprint density at radius 3 is 2.94 bits per heavy atom. The Hall–Kier alpha value is -2.83. The first kappa shape index (κ1) is 21.0. The highest BCUT2D eigenvalue weighted by Gasteiger charge is 2.22. The van der Waals surface area contributed by atoms with Crippen LogP contribution in [0, 0.1) is 12.8 Å². The molecule has 6 nitrogen and oxygen atoms in total. The van der Waals surface area contributed by atoms with E-state index >= 15 is 0 Å². The van der Waals surface area contributed by atoms with E-state index in [4.69, 9.17) is 16.3 Å². The van der Waals surface area contributed by atoms with Crippen molar-refractivity contribution < 1.29 is 9.53 Å². The Morgan fingerprint density at radius 2 is 2.09 bits per heavy atom. The number of hydrogen-bond acceptors (Lipinski definition) is 4. The number of benzene rings is 2. The summed E-state index contributed by atoms with van der Waals surface area (Å²) < 4.78 is 7.89. The first-order valence-electron chi connectivity index (χ1n) is 11.1. The molecule has 1 aliphatic carbocycles. The predicted octanol–water partition coefficient (Wildman–Crippen LogP) is 4.58. The van der Waals surface area contributed by atoms with Gasteiger partial charge in [-0.05, 0) is 80.1 Å². The van der Waals surface area contributed by atoms with Gasteiger partial charge in [0.2, 0.25) is 0 Å². The normalized spacial score (nSPS) is 15.3. The highest BCUT2D eigenvalue weighted by Crippen LogP contribution is 2.31. The second-order valence-corrected chi connectivity index (χ2v) is 9.14. The second kappa shape index (κ2) is 8.96. The summed E-state index contributed by atoms with van der Waals surface area (Å²) in [6.45, 7) is 5.04. The molecular formula is C25H27ClN4O2. The maximum Gasteiger partial charge on any atom is 0.256 e. The minimum absolute atomic E-state index is 0.146. The van der Waals surface area contributed by atoms with Crippen LogP contribution < -0.4 is 15.4 Å². The van der Waals surface area contributed by atoms with Gasteiger partial charge in [0, 0.05) is 34.5 Å². The number of hydrogen-bond donors (Lipinski definition) is 2. The van der Waals surface area contributed by atoms with Gasteiger partial charge in [0.15, 0.2) is 5.82 Å². The first-order chi connectivity index (χ1) is 15.5. The molecule has 32 heavy (non-hydrogen) atoms. The quantitative estimate of drug-likeness (QED) is 0.552. The number of carbonyl (C=O) groups is 1.